The predicted octanol–water partition coefficient (Wildman–Crippen LogP) is 5.04. The van der Waals surface area contributed by atoms with Crippen LogP contribution in [-0.4, -0.2) is 35.7 Å². The summed E-state index contributed by atoms with van der Waals surface area (Å²) in [6.45, 7) is 0. The zero-order chi connectivity index (χ0) is 23.4. The summed E-state index contributed by atoms with van der Waals surface area (Å²) >= 11 is 0. The van der Waals surface area contributed by atoms with Gasteiger partial charge in [0.2, 0.25) is 0 Å². The van der Waals surface area contributed by atoms with Crippen LogP contribution >= 0.6 is 0 Å². The van der Waals surface area contributed by atoms with Gasteiger partial charge in [-0.3, -0.25) is 9.78 Å². The summed E-state index contributed by atoms with van der Waals surface area (Å²) in [4.78, 5) is 19.8. The topological polar surface area (TPSA) is 109 Å². The highest BCUT2D eigenvalue weighted by Gasteiger charge is 2.24. The van der Waals surface area contributed by atoms with E-state index in [0.717, 1.165) is 48.9 Å². The minimum atomic E-state index is -3.27. The van der Waals surface area contributed by atoms with Crippen LogP contribution in [0.4, 0.5) is 11.5 Å². The summed E-state index contributed by atoms with van der Waals surface area (Å²) in [6.07, 6.45) is 8.51. The summed E-state index contributed by atoms with van der Waals surface area (Å²) < 4.78 is 23.1. The second-order valence-electron chi connectivity index (χ2n) is 8.65. The third kappa shape index (κ3) is 5.96. The molecule has 172 valence electrons. The minimum Gasteiger partial charge on any atom is -0.481 e. The maximum atomic E-state index is 11.5. The lowest BCUT2D eigenvalue weighted by Gasteiger charge is -2.28. The summed E-state index contributed by atoms with van der Waals surface area (Å²) in [5, 5.41) is 12.1. The summed E-state index contributed by atoms with van der Waals surface area (Å²) in [5.41, 5.74) is 3.95. The lowest BCUT2D eigenvalue weighted by atomic mass is 9.77. The molecule has 1 aliphatic carbocycles. The van der Waals surface area contributed by atoms with Crippen LogP contribution in [0.2, 0.25) is 0 Å². The van der Waals surface area contributed by atoms with E-state index in [9.17, 15) is 13.2 Å². The molecule has 2 aromatic heterocycles. The molecule has 7 nitrogen and oxygen atoms in total. The van der Waals surface area contributed by atoms with Gasteiger partial charge in [-0.15, -0.1) is 0 Å². The third-order valence-electron chi connectivity index (χ3n) is 6.19. The van der Waals surface area contributed by atoms with E-state index in [-0.39, 0.29) is 11.3 Å². The Labute approximate surface area is 193 Å². The van der Waals surface area contributed by atoms with Gasteiger partial charge < -0.3 is 10.4 Å². The van der Waals surface area contributed by atoms with E-state index in [2.05, 4.69) is 39.6 Å². The highest BCUT2D eigenvalue weighted by molar-refractivity contribution is 7.90. The molecule has 0 atom stereocenters. The number of nitrogens with one attached hydrogen (secondary N) is 1. The first kappa shape index (κ1) is 22.9. The second kappa shape index (κ2) is 9.70. The number of sulfone groups is 1. The van der Waals surface area contributed by atoms with Crippen LogP contribution in [0.15, 0.2) is 65.8 Å². The standard InChI is InChI=1S/C25H27N3O4S/c1-33(31,32)22-11-13-24(27-16-22)28-21-10-12-23(26-15-21)20-8-6-19(7-9-20)18-4-2-17(3-5-18)14-25(29)30/h6-13,15-18H,2-5,14H2,1H3,(H,27,28)(H,29,30). The number of hydrogen-bond donors (Lipinski definition) is 2. The Kier molecular flexibility index (Phi) is 6.74. The Balaban J connectivity index is 1.37. The molecule has 33 heavy (non-hydrogen) atoms. The molecule has 0 amide bonds. The zero-order valence-corrected chi connectivity index (χ0v) is 19.3. The molecule has 0 bridgehead atoms. The molecule has 1 aliphatic rings. The van der Waals surface area contributed by atoms with E-state index < -0.39 is 15.8 Å². The maximum Gasteiger partial charge on any atom is 0.303 e. The van der Waals surface area contributed by atoms with Crippen LogP contribution in [0, 0.1) is 5.92 Å². The van der Waals surface area contributed by atoms with Gasteiger partial charge in [-0.2, -0.15) is 0 Å². The van der Waals surface area contributed by atoms with Crippen LogP contribution in [-0.2, 0) is 14.6 Å². The summed E-state index contributed by atoms with van der Waals surface area (Å²) in [5.74, 6) is 0.643. The SMILES string of the molecule is CS(=O)(=O)c1ccc(Nc2ccc(-c3ccc(C4CCC(CC(=O)O)CC4)cc3)nc2)nc1. The van der Waals surface area contributed by atoms with Crippen molar-refractivity contribution >= 4 is 27.3 Å². The number of carboxylic acid groups (broad SMARTS) is 1. The van der Waals surface area contributed by atoms with Crippen LogP contribution < -0.4 is 5.32 Å². The van der Waals surface area contributed by atoms with Gasteiger partial charge in [-0.05, 0) is 67.3 Å². The molecular weight excluding hydrogens is 438 g/mol. The molecule has 3 aromatic rings. The van der Waals surface area contributed by atoms with Gasteiger partial charge in [0.05, 0.1) is 22.5 Å². The maximum absolute atomic E-state index is 11.5. The molecule has 2 heterocycles. The van der Waals surface area contributed by atoms with Gasteiger partial charge >= 0.3 is 5.97 Å². The van der Waals surface area contributed by atoms with Gasteiger partial charge in [-0.25, -0.2) is 13.4 Å². The number of pyridine rings is 2. The van der Waals surface area contributed by atoms with Gasteiger partial charge in [0.1, 0.15) is 5.82 Å². The summed E-state index contributed by atoms with van der Waals surface area (Å²) in [6, 6.07) is 15.5. The molecule has 2 N–H and O–H groups in total. The Hall–Kier alpha value is -3.26. The average molecular weight is 466 g/mol. The largest absolute Gasteiger partial charge is 0.481 e. The second-order valence-corrected chi connectivity index (χ2v) is 10.7. The van der Waals surface area contributed by atoms with E-state index in [1.807, 2.05) is 12.1 Å². The van der Waals surface area contributed by atoms with Crippen molar-refractivity contribution in [2.75, 3.05) is 11.6 Å². The Bertz CT molecular complexity index is 1200. The van der Waals surface area contributed by atoms with Crippen LogP contribution in [0.5, 0.6) is 0 Å². The number of nitrogens with zero attached hydrogens (tertiary/aromatic N) is 2. The van der Waals surface area contributed by atoms with E-state index >= 15 is 0 Å². The molecule has 0 saturated heterocycles. The fraction of sp³-hybridized carbons (Fsp3) is 0.320. The van der Waals surface area contributed by atoms with Crippen molar-refractivity contribution in [2.24, 2.45) is 5.92 Å². The molecular formula is C25H27N3O4S. The first-order valence-electron chi connectivity index (χ1n) is 11.0. The predicted molar refractivity (Wildman–Crippen MR) is 127 cm³/mol. The lowest BCUT2D eigenvalue weighted by Crippen LogP contribution is -2.16. The van der Waals surface area contributed by atoms with E-state index in [1.165, 1.54) is 17.8 Å². The van der Waals surface area contributed by atoms with Crippen molar-refractivity contribution in [1.29, 1.82) is 0 Å². The molecule has 8 heteroatoms. The average Bonchev–Trinajstić information content (AvgIpc) is 2.80. The number of carbonyl (C=O) groups is 1. The molecule has 1 fully saturated rings. The number of aliphatic carboxylic acids is 1. The first-order valence-corrected chi connectivity index (χ1v) is 12.9. The molecule has 0 aliphatic heterocycles. The van der Waals surface area contributed by atoms with E-state index in [1.54, 1.807) is 12.3 Å². The molecule has 0 spiro atoms. The zero-order valence-electron chi connectivity index (χ0n) is 18.4. The number of benzene rings is 1. The fourth-order valence-corrected chi connectivity index (χ4v) is 4.89. The monoisotopic (exact) mass is 465 g/mol. The number of carboxylic acids is 1. The number of rotatable bonds is 7. The quantitative estimate of drug-likeness (QED) is 0.503. The van der Waals surface area contributed by atoms with E-state index in [0.29, 0.717) is 17.7 Å². The molecule has 4 rings (SSSR count). The molecule has 1 saturated carbocycles. The highest BCUT2D eigenvalue weighted by atomic mass is 32.2. The van der Waals surface area contributed by atoms with Crippen molar-refractivity contribution in [3.63, 3.8) is 0 Å². The Morgan fingerprint density at radius 2 is 1.70 bits per heavy atom. The lowest BCUT2D eigenvalue weighted by molar-refractivity contribution is -0.138. The Morgan fingerprint density at radius 3 is 2.24 bits per heavy atom. The Morgan fingerprint density at radius 1 is 0.970 bits per heavy atom. The third-order valence-corrected chi connectivity index (χ3v) is 7.29. The molecule has 0 unspecified atom stereocenters. The van der Waals surface area contributed by atoms with Crippen molar-refractivity contribution in [3.8, 4) is 11.3 Å². The first-order chi connectivity index (χ1) is 15.8. The number of aromatic nitrogens is 2. The minimum absolute atomic E-state index is 0.179. The van der Waals surface area contributed by atoms with Crippen LogP contribution in [0.1, 0.15) is 43.6 Å². The van der Waals surface area contributed by atoms with E-state index in [4.69, 9.17) is 5.11 Å². The molecule has 0 radical (unpaired) electrons. The summed E-state index contributed by atoms with van der Waals surface area (Å²) in [7, 11) is -3.27. The van der Waals surface area contributed by atoms with Gasteiger partial charge in [0, 0.05) is 24.4 Å². The van der Waals surface area contributed by atoms with Crippen molar-refractivity contribution in [2.45, 2.75) is 42.9 Å². The van der Waals surface area contributed by atoms with Crippen molar-refractivity contribution in [3.05, 3.63) is 66.5 Å². The fourth-order valence-electron chi connectivity index (χ4n) is 4.33. The highest BCUT2D eigenvalue weighted by Crippen LogP contribution is 2.37. The normalized spacial score (nSPS) is 18.6. The number of anilines is 2. The van der Waals surface area contributed by atoms with Gasteiger partial charge in [0.15, 0.2) is 9.84 Å². The van der Waals surface area contributed by atoms with Crippen LogP contribution in [0.3, 0.4) is 0 Å². The van der Waals surface area contributed by atoms with Crippen molar-refractivity contribution in [1.82, 2.24) is 9.97 Å². The number of hydrogen-bond acceptors (Lipinski definition) is 6. The molecule has 1 aromatic carbocycles. The van der Waals surface area contributed by atoms with Gasteiger partial charge in [-0.1, -0.05) is 24.3 Å². The van der Waals surface area contributed by atoms with Crippen molar-refractivity contribution < 1.29 is 18.3 Å². The van der Waals surface area contributed by atoms with Crippen LogP contribution in [0.25, 0.3) is 11.3 Å². The van der Waals surface area contributed by atoms with Gasteiger partial charge in [0.25, 0.3) is 0 Å². The smallest absolute Gasteiger partial charge is 0.303 e.